The fourth-order valence-electron chi connectivity index (χ4n) is 2.81. The second kappa shape index (κ2) is 7.97. The Morgan fingerprint density at radius 1 is 0.923 bits per heavy atom. The van der Waals surface area contributed by atoms with Crippen LogP contribution in [-0.4, -0.2) is 11.8 Å². The maximum absolute atomic E-state index is 12.8. The van der Waals surface area contributed by atoms with Crippen molar-refractivity contribution in [3.63, 3.8) is 0 Å². The quantitative estimate of drug-likeness (QED) is 0.683. The number of benzene rings is 2. The first-order chi connectivity index (χ1) is 12.6. The average Bonchev–Trinajstić information content (AvgIpc) is 3.17. The number of rotatable bonds is 5. The average molecular weight is 364 g/mol. The van der Waals surface area contributed by atoms with Gasteiger partial charge in [0, 0.05) is 0 Å². The van der Waals surface area contributed by atoms with Crippen molar-refractivity contribution in [3.05, 3.63) is 87.6 Å². The van der Waals surface area contributed by atoms with Crippen molar-refractivity contribution in [1.82, 2.24) is 5.32 Å². The molecule has 2 aromatic carbocycles. The van der Waals surface area contributed by atoms with Crippen LogP contribution in [0.5, 0.6) is 0 Å². The number of thiophene rings is 1. The highest BCUT2D eigenvalue weighted by Crippen LogP contribution is 2.21. The van der Waals surface area contributed by atoms with E-state index in [0.717, 1.165) is 11.1 Å². The van der Waals surface area contributed by atoms with Crippen molar-refractivity contribution in [2.45, 2.75) is 19.9 Å². The van der Waals surface area contributed by atoms with Gasteiger partial charge in [-0.2, -0.15) is 0 Å². The molecule has 0 aliphatic heterocycles. The maximum atomic E-state index is 12.8. The lowest BCUT2D eigenvalue weighted by atomic mass is 10.0. The highest BCUT2D eigenvalue weighted by atomic mass is 32.1. The van der Waals surface area contributed by atoms with Crippen molar-refractivity contribution >= 4 is 28.8 Å². The Labute approximate surface area is 156 Å². The molecule has 1 atom stereocenters. The predicted molar refractivity (Wildman–Crippen MR) is 106 cm³/mol. The van der Waals surface area contributed by atoms with E-state index in [9.17, 15) is 9.59 Å². The molecule has 0 aliphatic carbocycles. The first kappa shape index (κ1) is 17.9. The summed E-state index contributed by atoms with van der Waals surface area (Å²) in [5, 5.41) is 7.69. The van der Waals surface area contributed by atoms with Crippen LogP contribution >= 0.6 is 11.3 Å². The molecule has 0 aliphatic rings. The van der Waals surface area contributed by atoms with Crippen LogP contribution in [0.1, 0.15) is 44.1 Å². The molecule has 0 radical (unpaired) electrons. The standard InChI is InChI=1S/C21H20N2O2S/c1-14-8-3-4-9-16(14)15(2)22-20(24)17-10-5-6-11-18(17)23-21(25)19-12-7-13-26-19/h3-13,15H,1-2H3,(H,22,24)(H,23,25). The van der Waals surface area contributed by atoms with Crippen LogP contribution < -0.4 is 10.6 Å². The van der Waals surface area contributed by atoms with Crippen LogP contribution in [0.25, 0.3) is 0 Å². The highest BCUT2D eigenvalue weighted by molar-refractivity contribution is 7.12. The lowest BCUT2D eigenvalue weighted by molar-refractivity contribution is 0.0940. The minimum atomic E-state index is -0.220. The zero-order valence-corrected chi connectivity index (χ0v) is 15.5. The van der Waals surface area contributed by atoms with Gasteiger partial charge in [0.1, 0.15) is 0 Å². The number of amides is 2. The molecule has 2 N–H and O–H groups in total. The molecule has 0 fully saturated rings. The zero-order valence-electron chi connectivity index (χ0n) is 14.7. The van der Waals surface area contributed by atoms with Gasteiger partial charge in [-0.05, 0) is 48.6 Å². The summed E-state index contributed by atoms with van der Waals surface area (Å²) in [7, 11) is 0. The van der Waals surface area contributed by atoms with E-state index in [1.807, 2.05) is 49.6 Å². The van der Waals surface area contributed by atoms with Crippen LogP contribution in [-0.2, 0) is 0 Å². The molecule has 4 nitrogen and oxygen atoms in total. The van der Waals surface area contributed by atoms with Gasteiger partial charge in [0.25, 0.3) is 11.8 Å². The SMILES string of the molecule is Cc1ccccc1C(C)NC(=O)c1ccccc1NC(=O)c1cccs1. The largest absolute Gasteiger partial charge is 0.345 e. The molecular formula is C21H20N2O2S. The summed E-state index contributed by atoms with van der Waals surface area (Å²) in [6, 6.07) is 18.4. The smallest absolute Gasteiger partial charge is 0.265 e. The molecule has 0 bridgehead atoms. The van der Waals surface area contributed by atoms with Crippen molar-refractivity contribution in [3.8, 4) is 0 Å². The molecule has 2 amide bonds. The van der Waals surface area contributed by atoms with E-state index >= 15 is 0 Å². The summed E-state index contributed by atoms with van der Waals surface area (Å²) in [6.07, 6.45) is 0. The van der Waals surface area contributed by atoms with Crippen LogP contribution in [0.3, 0.4) is 0 Å². The van der Waals surface area contributed by atoms with E-state index in [-0.39, 0.29) is 17.9 Å². The molecule has 3 aromatic rings. The molecule has 0 saturated carbocycles. The normalized spacial score (nSPS) is 11.6. The monoisotopic (exact) mass is 364 g/mol. The second-order valence-electron chi connectivity index (χ2n) is 6.03. The van der Waals surface area contributed by atoms with Gasteiger partial charge in [-0.3, -0.25) is 9.59 Å². The highest BCUT2D eigenvalue weighted by Gasteiger charge is 2.17. The third kappa shape index (κ3) is 4.00. The number of nitrogens with one attached hydrogen (secondary N) is 2. The molecule has 0 saturated heterocycles. The van der Waals surface area contributed by atoms with E-state index < -0.39 is 0 Å². The van der Waals surface area contributed by atoms with E-state index in [1.54, 1.807) is 30.3 Å². The summed E-state index contributed by atoms with van der Waals surface area (Å²) in [6.45, 7) is 3.97. The third-order valence-electron chi connectivity index (χ3n) is 4.17. The van der Waals surface area contributed by atoms with Crippen LogP contribution in [0.15, 0.2) is 66.0 Å². The minimum absolute atomic E-state index is 0.134. The first-order valence-corrected chi connectivity index (χ1v) is 9.24. The van der Waals surface area contributed by atoms with Crippen molar-refractivity contribution in [2.75, 3.05) is 5.32 Å². The van der Waals surface area contributed by atoms with Crippen LogP contribution in [0.4, 0.5) is 5.69 Å². The van der Waals surface area contributed by atoms with Gasteiger partial charge in [0.2, 0.25) is 0 Å². The Morgan fingerprint density at radius 2 is 1.65 bits per heavy atom. The summed E-state index contributed by atoms with van der Waals surface area (Å²) in [4.78, 5) is 25.7. The molecule has 5 heteroatoms. The van der Waals surface area contributed by atoms with Crippen LogP contribution in [0.2, 0.25) is 0 Å². The molecule has 0 spiro atoms. The van der Waals surface area contributed by atoms with Gasteiger partial charge in [0.15, 0.2) is 0 Å². The van der Waals surface area contributed by atoms with E-state index in [1.165, 1.54) is 11.3 Å². The van der Waals surface area contributed by atoms with E-state index in [4.69, 9.17) is 0 Å². The fourth-order valence-corrected chi connectivity index (χ4v) is 3.43. The number of carbonyl (C=O) groups excluding carboxylic acids is 2. The van der Waals surface area contributed by atoms with Gasteiger partial charge in [-0.15, -0.1) is 11.3 Å². The summed E-state index contributed by atoms with van der Waals surface area (Å²) in [5.41, 5.74) is 3.14. The number of aryl methyl sites for hydroxylation is 1. The number of hydrogen-bond donors (Lipinski definition) is 2. The van der Waals surface area contributed by atoms with Crippen molar-refractivity contribution in [1.29, 1.82) is 0 Å². The van der Waals surface area contributed by atoms with E-state index in [2.05, 4.69) is 10.6 Å². The third-order valence-corrected chi connectivity index (χ3v) is 5.04. The molecule has 3 rings (SSSR count). The first-order valence-electron chi connectivity index (χ1n) is 8.36. The van der Waals surface area contributed by atoms with Crippen molar-refractivity contribution < 1.29 is 9.59 Å². The Balaban J connectivity index is 1.77. The minimum Gasteiger partial charge on any atom is -0.345 e. The zero-order chi connectivity index (χ0) is 18.5. The van der Waals surface area contributed by atoms with Gasteiger partial charge in [-0.1, -0.05) is 42.5 Å². The summed E-state index contributed by atoms with van der Waals surface area (Å²) < 4.78 is 0. The maximum Gasteiger partial charge on any atom is 0.265 e. The second-order valence-corrected chi connectivity index (χ2v) is 6.98. The number of para-hydroxylation sites is 1. The number of anilines is 1. The van der Waals surface area contributed by atoms with E-state index in [0.29, 0.717) is 16.1 Å². The van der Waals surface area contributed by atoms with Gasteiger partial charge in [0.05, 0.1) is 22.2 Å². The van der Waals surface area contributed by atoms with Gasteiger partial charge < -0.3 is 10.6 Å². The molecule has 1 heterocycles. The van der Waals surface area contributed by atoms with Gasteiger partial charge >= 0.3 is 0 Å². The topological polar surface area (TPSA) is 58.2 Å². The van der Waals surface area contributed by atoms with Crippen molar-refractivity contribution in [2.24, 2.45) is 0 Å². The summed E-state index contributed by atoms with van der Waals surface area (Å²) in [5.74, 6) is -0.435. The molecule has 132 valence electrons. The summed E-state index contributed by atoms with van der Waals surface area (Å²) >= 11 is 1.36. The molecule has 1 unspecified atom stereocenters. The lowest BCUT2D eigenvalue weighted by Gasteiger charge is -2.18. The predicted octanol–water partition coefficient (Wildman–Crippen LogP) is 4.80. The Morgan fingerprint density at radius 3 is 2.38 bits per heavy atom. The molecule has 1 aromatic heterocycles. The lowest BCUT2D eigenvalue weighted by Crippen LogP contribution is -2.28. The Kier molecular flexibility index (Phi) is 5.49. The Bertz CT molecular complexity index is 919. The number of hydrogen-bond acceptors (Lipinski definition) is 3. The fraction of sp³-hybridized carbons (Fsp3) is 0.143. The number of carbonyl (C=O) groups is 2. The van der Waals surface area contributed by atoms with Gasteiger partial charge in [-0.25, -0.2) is 0 Å². The van der Waals surface area contributed by atoms with Crippen LogP contribution in [0, 0.1) is 6.92 Å². The molecular weight excluding hydrogens is 344 g/mol. The Hall–Kier alpha value is -2.92. The molecule has 26 heavy (non-hydrogen) atoms.